The van der Waals surface area contributed by atoms with Gasteiger partial charge >= 0.3 is 5.97 Å². The van der Waals surface area contributed by atoms with Crippen molar-refractivity contribution in [3.8, 4) is 0 Å². The molecule has 4 rings (SSSR count). The Bertz CT molecular complexity index is 658. The molecule has 3 unspecified atom stereocenters. The number of benzene rings is 1. The SMILES string of the molecule is CC1CC(N)CC(C)(C)C1.CCOC(=O)C1CCCNC1.c1ccc(CN2CCNCC2)cc1. The summed E-state index contributed by atoms with van der Waals surface area (Å²) in [5.74, 6) is 0.891. The quantitative estimate of drug-likeness (QED) is 0.576. The first-order chi connectivity index (χ1) is 16.3. The highest BCUT2D eigenvalue weighted by atomic mass is 16.5. The summed E-state index contributed by atoms with van der Waals surface area (Å²) in [6, 6.07) is 11.1. The molecule has 0 spiro atoms. The summed E-state index contributed by atoms with van der Waals surface area (Å²) in [4.78, 5) is 13.6. The van der Waals surface area contributed by atoms with Gasteiger partial charge in [0.05, 0.1) is 12.5 Å². The van der Waals surface area contributed by atoms with Gasteiger partial charge in [-0.25, -0.2) is 0 Å². The van der Waals surface area contributed by atoms with Crippen molar-refractivity contribution in [3.63, 3.8) is 0 Å². The van der Waals surface area contributed by atoms with Crippen LogP contribution < -0.4 is 16.4 Å². The Morgan fingerprint density at radius 3 is 2.38 bits per heavy atom. The van der Waals surface area contributed by atoms with Crippen molar-refractivity contribution < 1.29 is 9.53 Å². The van der Waals surface area contributed by atoms with Gasteiger partial charge in [-0.05, 0) is 62.5 Å². The number of nitrogens with one attached hydrogen (secondary N) is 2. The molecule has 2 saturated heterocycles. The van der Waals surface area contributed by atoms with Crippen LogP contribution in [0, 0.1) is 17.3 Å². The summed E-state index contributed by atoms with van der Waals surface area (Å²) in [6.45, 7) is 16.8. The minimum atomic E-state index is -0.0419. The summed E-state index contributed by atoms with van der Waals surface area (Å²) in [5, 5.41) is 6.53. The predicted octanol–water partition coefficient (Wildman–Crippen LogP) is 3.80. The number of rotatable bonds is 4. The van der Waals surface area contributed by atoms with Gasteiger partial charge in [-0.3, -0.25) is 9.69 Å². The number of piperidine rings is 1. The van der Waals surface area contributed by atoms with Crippen LogP contribution in [0.25, 0.3) is 0 Å². The van der Waals surface area contributed by atoms with E-state index in [2.05, 4.69) is 66.6 Å². The van der Waals surface area contributed by atoms with E-state index in [0.717, 1.165) is 51.5 Å². The van der Waals surface area contributed by atoms with Crippen LogP contribution in [-0.2, 0) is 16.1 Å². The molecule has 3 fully saturated rings. The van der Waals surface area contributed by atoms with E-state index in [1.807, 2.05) is 6.92 Å². The molecule has 34 heavy (non-hydrogen) atoms. The summed E-state index contributed by atoms with van der Waals surface area (Å²) < 4.78 is 4.90. The van der Waals surface area contributed by atoms with Crippen molar-refractivity contribution in [2.75, 3.05) is 45.9 Å². The summed E-state index contributed by atoms with van der Waals surface area (Å²) in [7, 11) is 0. The van der Waals surface area contributed by atoms with Crippen LogP contribution >= 0.6 is 0 Å². The second kappa shape index (κ2) is 15.5. The molecular formula is C28H50N4O2. The number of hydrogen-bond acceptors (Lipinski definition) is 6. The Balaban J connectivity index is 0.000000182. The summed E-state index contributed by atoms with van der Waals surface area (Å²) in [5.41, 5.74) is 7.82. The Kier molecular flexibility index (Phi) is 13.1. The highest BCUT2D eigenvalue weighted by Crippen LogP contribution is 2.37. The zero-order chi connectivity index (χ0) is 24.8. The van der Waals surface area contributed by atoms with Gasteiger partial charge in [0.2, 0.25) is 0 Å². The second-order valence-electron chi connectivity index (χ2n) is 11.0. The van der Waals surface area contributed by atoms with Gasteiger partial charge in [-0.2, -0.15) is 0 Å². The average molecular weight is 475 g/mol. The van der Waals surface area contributed by atoms with Gasteiger partial charge in [-0.1, -0.05) is 51.1 Å². The zero-order valence-corrected chi connectivity index (χ0v) is 22.2. The third kappa shape index (κ3) is 11.8. The van der Waals surface area contributed by atoms with Crippen molar-refractivity contribution in [1.82, 2.24) is 15.5 Å². The minimum absolute atomic E-state index is 0.0419. The maximum atomic E-state index is 11.1. The number of esters is 1. The van der Waals surface area contributed by atoms with E-state index in [1.54, 1.807) is 0 Å². The van der Waals surface area contributed by atoms with Crippen molar-refractivity contribution in [1.29, 1.82) is 0 Å². The van der Waals surface area contributed by atoms with Crippen molar-refractivity contribution in [2.24, 2.45) is 23.0 Å². The number of carbonyl (C=O) groups is 1. The molecule has 6 heteroatoms. The smallest absolute Gasteiger partial charge is 0.310 e. The predicted molar refractivity (Wildman–Crippen MR) is 142 cm³/mol. The fraction of sp³-hybridized carbons (Fsp3) is 0.750. The van der Waals surface area contributed by atoms with Crippen LogP contribution in [0.4, 0.5) is 0 Å². The fourth-order valence-corrected chi connectivity index (χ4v) is 5.44. The van der Waals surface area contributed by atoms with E-state index >= 15 is 0 Å². The van der Waals surface area contributed by atoms with Crippen LogP contribution in [0.15, 0.2) is 30.3 Å². The maximum Gasteiger partial charge on any atom is 0.310 e. The van der Waals surface area contributed by atoms with Crippen LogP contribution in [0.1, 0.15) is 65.4 Å². The molecule has 0 bridgehead atoms. The van der Waals surface area contributed by atoms with Gasteiger partial charge in [0.15, 0.2) is 0 Å². The first-order valence-electron chi connectivity index (χ1n) is 13.4. The normalized spacial score (nSPS) is 26.8. The Labute approximate surface area is 208 Å². The molecule has 3 aliphatic rings. The largest absolute Gasteiger partial charge is 0.466 e. The maximum absolute atomic E-state index is 11.1. The Morgan fingerprint density at radius 1 is 1.12 bits per heavy atom. The average Bonchev–Trinajstić information content (AvgIpc) is 2.80. The van der Waals surface area contributed by atoms with Gasteiger partial charge in [-0.15, -0.1) is 0 Å². The lowest BCUT2D eigenvalue weighted by atomic mass is 9.71. The van der Waals surface area contributed by atoms with Crippen LogP contribution in [-0.4, -0.2) is 62.8 Å². The molecule has 2 aliphatic heterocycles. The molecule has 1 aromatic carbocycles. The number of nitrogens with zero attached hydrogens (tertiary/aromatic N) is 1. The Hall–Kier alpha value is -1.47. The van der Waals surface area contributed by atoms with Gasteiger partial charge < -0.3 is 21.1 Å². The monoisotopic (exact) mass is 474 g/mol. The molecule has 6 nitrogen and oxygen atoms in total. The molecular weight excluding hydrogens is 424 g/mol. The van der Waals surface area contributed by atoms with E-state index in [4.69, 9.17) is 10.5 Å². The van der Waals surface area contributed by atoms with Crippen molar-refractivity contribution in [3.05, 3.63) is 35.9 Å². The second-order valence-corrected chi connectivity index (χ2v) is 11.0. The lowest BCUT2D eigenvalue weighted by molar-refractivity contribution is -0.148. The lowest BCUT2D eigenvalue weighted by Crippen LogP contribution is -2.42. The van der Waals surface area contributed by atoms with E-state index in [-0.39, 0.29) is 11.9 Å². The van der Waals surface area contributed by atoms with Gasteiger partial charge in [0.1, 0.15) is 0 Å². The number of carbonyl (C=O) groups excluding carboxylic acids is 1. The third-order valence-electron chi connectivity index (χ3n) is 6.80. The topological polar surface area (TPSA) is 79.6 Å². The number of piperazine rings is 1. The fourth-order valence-electron chi connectivity index (χ4n) is 5.44. The lowest BCUT2D eigenvalue weighted by Gasteiger charge is -2.37. The first kappa shape index (κ1) is 28.8. The van der Waals surface area contributed by atoms with E-state index < -0.39 is 0 Å². The molecule has 0 amide bonds. The van der Waals surface area contributed by atoms with Crippen LogP contribution in [0.5, 0.6) is 0 Å². The molecule has 4 N–H and O–H groups in total. The van der Waals surface area contributed by atoms with E-state index in [9.17, 15) is 4.79 Å². The third-order valence-corrected chi connectivity index (χ3v) is 6.80. The number of hydrogen-bond donors (Lipinski definition) is 3. The molecule has 0 aromatic heterocycles. The standard InChI is InChI=1S/C11H16N2.C9H19N.C8H15NO2/c1-2-4-11(5-3-1)10-13-8-6-12-7-9-13;1-7-4-8(10)6-9(2,3)5-7;1-2-11-8(10)7-4-3-5-9-6-7/h1-5,12H,6-10H2;7-8H,4-6,10H2,1-3H3;7,9H,2-6H2,1H3. The highest BCUT2D eigenvalue weighted by molar-refractivity contribution is 5.72. The van der Waals surface area contributed by atoms with Crippen molar-refractivity contribution in [2.45, 2.75) is 72.4 Å². The summed E-state index contributed by atoms with van der Waals surface area (Å²) >= 11 is 0. The molecule has 194 valence electrons. The summed E-state index contributed by atoms with van der Waals surface area (Å²) in [6.07, 6.45) is 5.84. The zero-order valence-electron chi connectivity index (χ0n) is 22.2. The molecule has 1 aliphatic carbocycles. The molecule has 1 saturated carbocycles. The first-order valence-corrected chi connectivity index (χ1v) is 13.4. The molecule has 0 radical (unpaired) electrons. The molecule has 1 aromatic rings. The molecule has 3 atom stereocenters. The minimum Gasteiger partial charge on any atom is -0.466 e. The highest BCUT2D eigenvalue weighted by Gasteiger charge is 2.29. The molecule has 2 heterocycles. The van der Waals surface area contributed by atoms with E-state index in [1.165, 1.54) is 37.9 Å². The number of nitrogens with two attached hydrogens (primary N) is 1. The van der Waals surface area contributed by atoms with Gasteiger partial charge in [0.25, 0.3) is 0 Å². The van der Waals surface area contributed by atoms with E-state index in [0.29, 0.717) is 18.1 Å². The van der Waals surface area contributed by atoms with Gasteiger partial charge in [0, 0.05) is 45.3 Å². The Morgan fingerprint density at radius 2 is 1.82 bits per heavy atom. The van der Waals surface area contributed by atoms with Crippen LogP contribution in [0.3, 0.4) is 0 Å². The van der Waals surface area contributed by atoms with Crippen LogP contribution in [0.2, 0.25) is 0 Å². The number of ether oxygens (including phenoxy) is 1. The van der Waals surface area contributed by atoms with Crippen molar-refractivity contribution >= 4 is 5.97 Å².